The van der Waals surface area contributed by atoms with E-state index in [4.69, 9.17) is 32.7 Å². The summed E-state index contributed by atoms with van der Waals surface area (Å²) in [4.78, 5) is 4.90. The van der Waals surface area contributed by atoms with E-state index in [0.717, 1.165) is 45.0 Å². The zero-order valence-electron chi connectivity index (χ0n) is 19.9. The molecule has 0 aromatic heterocycles. The molecule has 2 aliphatic heterocycles. The number of hydrogen-bond acceptors (Lipinski definition) is 5. The molecule has 34 heavy (non-hydrogen) atoms. The molecule has 2 fully saturated rings. The molecule has 0 saturated carbocycles. The van der Waals surface area contributed by atoms with E-state index in [9.17, 15) is 5.11 Å². The van der Waals surface area contributed by atoms with Gasteiger partial charge in [-0.1, -0.05) is 41.8 Å². The zero-order chi connectivity index (χ0) is 23.8. The molecule has 0 spiro atoms. The molecular weight excluding hydrogens is 471 g/mol. The van der Waals surface area contributed by atoms with Gasteiger partial charge < -0.3 is 14.6 Å². The number of aliphatic hydroxyl groups is 1. The SMILES string of the molecule is O[C@]1(COc2ccc(Cl)c(Cl)c2)CCCN(Cc2ccc(OCCN3CCCCC3)cc2)CC1. The van der Waals surface area contributed by atoms with Crippen molar-refractivity contribution in [3.63, 3.8) is 0 Å². The Bertz CT molecular complexity index is 905. The normalized spacial score (nSPS) is 22.3. The van der Waals surface area contributed by atoms with E-state index in [0.29, 0.717) is 28.6 Å². The molecule has 2 aliphatic rings. The van der Waals surface area contributed by atoms with Crippen LogP contribution in [0.3, 0.4) is 0 Å². The maximum atomic E-state index is 11.1. The Morgan fingerprint density at radius 3 is 2.26 bits per heavy atom. The van der Waals surface area contributed by atoms with Gasteiger partial charge in [0.2, 0.25) is 0 Å². The van der Waals surface area contributed by atoms with Gasteiger partial charge in [0.1, 0.15) is 24.7 Å². The molecule has 0 aliphatic carbocycles. The van der Waals surface area contributed by atoms with Gasteiger partial charge in [-0.15, -0.1) is 0 Å². The number of benzene rings is 2. The highest BCUT2D eigenvalue weighted by Crippen LogP contribution is 2.29. The molecule has 2 aromatic rings. The highest BCUT2D eigenvalue weighted by atomic mass is 35.5. The molecule has 1 N–H and O–H groups in total. The van der Waals surface area contributed by atoms with Crippen LogP contribution in [0, 0.1) is 0 Å². The number of rotatable bonds is 9. The van der Waals surface area contributed by atoms with Crippen LogP contribution in [0.2, 0.25) is 10.0 Å². The molecule has 5 nitrogen and oxygen atoms in total. The van der Waals surface area contributed by atoms with Crippen LogP contribution in [0.15, 0.2) is 42.5 Å². The molecule has 0 radical (unpaired) electrons. The molecule has 0 amide bonds. The maximum Gasteiger partial charge on any atom is 0.121 e. The fourth-order valence-corrected chi connectivity index (χ4v) is 5.03. The highest BCUT2D eigenvalue weighted by molar-refractivity contribution is 6.42. The minimum Gasteiger partial charge on any atom is -0.492 e. The third-order valence-corrected chi connectivity index (χ3v) is 7.60. The van der Waals surface area contributed by atoms with Crippen molar-refractivity contribution in [1.29, 1.82) is 0 Å². The van der Waals surface area contributed by atoms with Crippen molar-refractivity contribution in [3.05, 3.63) is 58.1 Å². The number of ether oxygens (including phenoxy) is 2. The minimum atomic E-state index is -0.840. The number of nitrogens with zero attached hydrogens (tertiary/aromatic N) is 2. The Morgan fingerprint density at radius 1 is 0.765 bits per heavy atom. The van der Waals surface area contributed by atoms with Gasteiger partial charge in [-0.2, -0.15) is 0 Å². The standard InChI is InChI=1S/C27H36Cl2N2O3/c28-25-10-9-24(19-26(25)29)34-21-27(32)11-4-15-31(16-12-27)20-22-5-7-23(8-6-22)33-18-17-30-13-2-1-3-14-30/h5-10,19,32H,1-4,11-18,20-21H2/t27-/m1/s1. The van der Waals surface area contributed by atoms with Crippen LogP contribution in [0.4, 0.5) is 0 Å². The lowest BCUT2D eigenvalue weighted by atomic mass is 9.96. The first-order valence-corrected chi connectivity index (χ1v) is 13.2. The number of piperidine rings is 1. The van der Waals surface area contributed by atoms with E-state index in [2.05, 4.69) is 34.1 Å². The Kier molecular flexibility index (Phi) is 9.38. The van der Waals surface area contributed by atoms with Gasteiger partial charge in [0.15, 0.2) is 0 Å². The third-order valence-electron chi connectivity index (χ3n) is 6.86. The van der Waals surface area contributed by atoms with Crippen molar-refractivity contribution in [2.75, 3.05) is 45.9 Å². The van der Waals surface area contributed by atoms with Gasteiger partial charge >= 0.3 is 0 Å². The van der Waals surface area contributed by atoms with Gasteiger partial charge in [0, 0.05) is 25.7 Å². The number of hydrogen-bond donors (Lipinski definition) is 1. The molecule has 1 atom stereocenters. The average molecular weight is 508 g/mol. The molecule has 0 bridgehead atoms. The first kappa shape index (κ1) is 25.6. The molecule has 2 heterocycles. The van der Waals surface area contributed by atoms with Crippen LogP contribution in [-0.2, 0) is 6.54 Å². The predicted octanol–water partition coefficient (Wildman–Crippen LogP) is 5.65. The summed E-state index contributed by atoms with van der Waals surface area (Å²) in [6.45, 7) is 7.07. The lowest BCUT2D eigenvalue weighted by molar-refractivity contribution is -0.0168. The van der Waals surface area contributed by atoms with Crippen molar-refractivity contribution in [3.8, 4) is 11.5 Å². The Balaban J connectivity index is 1.20. The molecule has 186 valence electrons. The highest BCUT2D eigenvalue weighted by Gasteiger charge is 2.31. The molecule has 4 rings (SSSR count). The van der Waals surface area contributed by atoms with Crippen molar-refractivity contribution in [2.45, 2.75) is 50.7 Å². The van der Waals surface area contributed by atoms with Crippen molar-refractivity contribution >= 4 is 23.2 Å². The smallest absolute Gasteiger partial charge is 0.121 e. The zero-order valence-corrected chi connectivity index (χ0v) is 21.4. The van der Waals surface area contributed by atoms with E-state index < -0.39 is 5.60 Å². The monoisotopic (exact) mass is 506 g/mol. The van der Waals surface area contributed by atoms with Crippen LogP contribution in [-0.4, -0.2) is 66.4 Å². The fourth-order valence-electron chi connectivity index (χ4n) is 4.75. The van der Waals surface area contributed by atoms with Crippen LogP contribution in [0.1, 0.15) is 44.1 Å². The van der Waals surface area contributed by atoms with E-state index in [1.807, 2.05) is 0 Å². The summed E-state index contributed by atoms with van der Waals surface area (Å²) in [5.74, 6) is 1.56. The second-order valence-corrected chi connectivity index (χ2v) is 10.4. The Morgan fingerprint density at radius 2 is 1.50 bits per heavy atom. The summed E-state index contributed by atoms with van der Waals surface area (Å²) in [7, 11) is 0. The van der Waals surface area contributed by atoms with Crippen LogP contribution >= 0.6 is 23.2 Å². The second-order valence-electron chi connectivity index (χ2n) is 9.61. The summed E-state index contributed by atoms with van der Waals surface area (Å²) in [6, 6.07) is 13.6. The second kappa shape index (κ2) is 12.5. The summed E-state index contributed by atoms with van der Waals surface area (Å²) >= 11 is 12.0. The lowest BCUT2D eigenvalue weighted by Crippen LogP contribution is -2.37. The molecule has 2 aromatic carbocycles. The van der Waals surface area contributed by atoms with Crippen molar-refractivity contribution in [1.82, 2.24) is 9.80 Å². The van der Waals surface area contributed by atoms with Crippen molar-refractivity contribution < 1.29 is 14.6 Å². The van der Waals surface area contributed by atoms with Gasteiger partial charge in [-0.05, 0) is 81.6 Å². The Labute approximate surface area is 213 Å². The molecule has 0 unspecified atom stereocenters. The molecular formula is C27H36Cl2N2O3. The van der Waals surface area contributed by atoms with Crippen LogP contribution < -0.4 is 9.47 Å². The Hall–Kier alpha value is -1.50. The van der Waals surface area contributed by atoms with E-state index in [1.165, 1.54) is 37.9 Å². The third kappa shape index (κ3) is 7.76. The summed E-state index contributed by atoms with van der Waals surface area (Å²) in [6.07, 6.45) is 6.31. The predicted molar refractivity (Wildman–Crippen MR) is 138 cm³/mol. The minimum absolute atomic E-state index is 0.252. The van der Waals surface area contributed by atoms with Gasteiger partial charge in [0.05, 0.1) is 15.6 Å². The van der Waals surface area contributed by atoms with E-state index in [-0.39, 0.29) is 6.61 Å². The topological polar surface area (TPSA) is 45.2 Å². The summed E-state index contributed by atoms with van der Waals surface area (Å²) in [5, 5.41) is 12.1. The lowest BCUT2D eigenvalue weighted by Gasteiger charge is -2.27. The summed E-state index contributed by atoms with van der Waals surface area (Å²) in [5.41, 5.74) is 0.424. The number of likely N-dealkylation sites (tertiary alicyclic amines) is 2. The van der Waals surface area contributed by atoms with E-state index in [1.54, 1.807) is 18.2 Å². The van der Waals surface area contributed by atoms with Gasteiger partial charge in [0.25, 0.3) is 0 Å². The van der Waals surface area contributed by atoms with Crippen LogP contribution in [0.5, 0.6) is 11.5 Å². The van der Waals surface area contributed by atoms with Gasteiger partial charge in [-0.25, -0.2) is 0 Å². The number of halogens is 2. The fraction of sp³-hybridized carbons (Fsp3) is 0.556. The van der Waals surface area contributed by atoms with E-state index >= 15 is 0 Å². The van der Waals surface area contributed by atoms with Crippen molar-refractivity contribution in [2.24, 2.45) is 0 Å². The molecule has 7 heteroatoms. The molecule has 2 saturated heterocycles. The summed E-state index contributed by atoms with van der Waals surface area (Å²) < 4.78 is 11.8. The first-order valence-electron chi connectivity index (χ1n) is 12.5. The average Bonchev–Trinajstić information content (AvgIpc) is 3.03. The largest absolute Gasteiger partial charge is 0.492 e. The quantitative estimate of drug-likeness (QED) is 0.475. The van der Waals surface area contributed by atoms with Crippen LogP contribution in [0.25, 0.3) is 0 Å². The van der Waals surface area contributed by atoms with Gasteiger partial charge in [-0.3, -0.25) is 9.80 Å². The maximum absolute atomic E-state index is 11.1. The first-order chi connectivity index (χ1) is 16.5.